The standard InChI is InChI=1S/C19H14ClN3O4S/c1-21-14-7-2-11(8-15(14)23(26)27)9-17-19(25)22-18(28-17)10-16(24)12-3-5-13(20)6-4-12/h2-10,21H,1H3,(H,22,25). The van der Waals surface area contributed by atoms with Crippen molar-refractivity contribution < 1.29 is 9.72 Å². The second-order valence-electron chi connectivity index (χ2n) is 5.73. The highest BCUT2D eigenvalue weighted by atomic mass is 35.5. The van der Waals surface area contributed by atoms with E-state index < -0.39 is 4.92 Å². The molecule has 28 heavy (non-hydrogen) atoms. The number of carbonyl (C=O) groups is 1. The van der Waals surface area contributed by atoms with E-state index in [0.29, 0.717) is 31.0 Å². The van der Waals surface area contributed by atoms with Crippen LogP contribution >= 0.6 is 22.9 Å². The lowest BCUT2D eigenvalue weighted by molar-refractivity contribution is -0.383. The Morgan fingerprint density at radius 3 is 2.61 bits per heavy atom. The van der Waals surface area contributed by atoms with Gasteiger partial charge in [-0.1, -0.05) is 17.7 Å². The summed E-state index contributed by atoms with van der Waals surface area (Å²) < 4.78 is 0.721. The van der Waals surface area contributed by atoms with Crippen LogP contribution in [-0.2, 0) is 0 Å². The van der Waals surface area contributed by atoms with E-state index in [1.165, 1.54) is 12.1 Å². The van der Waals surface area contributed by atoms with Gasteiger partial charge < -0.3 is 10.3 Å². The number of anilines is 1. The number of aromatic nitrogens is 1. The molecule has 0 radical (unpaired) electrons. The van der Waals surface area contributed by atoms with Crippen LogP contribution in [0.3, 0.4) is 0 Å². The summed E-state index contributed by atoms with van der Waals surface area (Å²) in [6.45, 7) is 0. The fourth-order valence-corrected chi connectivity index (χ4v) is 3.50. The molecular formula is C19H14ClN3O4S. The molecule has 0 fully saturated rings. The van der Waals surface area contributed by atoms with Crippen molar-refractivity contribution in [2.24, 2.45) is 0 Å². The van der Waals surface area contributed by atoms with E-state index in [-0.39, 0.29) is 17.0 Å². The highest BCUT2D eigenvalue weighted by Gasteiger charge is 2.12. The number of hydrogen-bond donors (Lipinski definition) is 2. The van der Waals surface area contributed by atoms with Crippen LogP contribution in [0.2, 0.25) is 5.02 Å². The van der Waals surface area contributed by atoms with Crippen molar-refractivity contribution in [2.75, 3.05) is 12.4 Å². The van der Waals surface area contributed by atoms with E-state index in [1.807, 2.05) is 0 Å². The van der Waals surface area contributed by atoms with Gasteiger partial charge in [-0.2, -0.15) is 0 Å². The maximum absolute atomic E-state index is 12.3. The number of carbonyl (C=O) groups excluding carboxylic acids is 1. The molecular weight excluding hydrogens is 402 g/mol. The largest absolute Gasteiger partial charge is 0.383 e. The first-order chi connectivity index (χ1) is 13.4. The number of nitrogens with one attached hydrogen (secondary N) is 2. The summed E-state index contributed by atoms with van der Waals surface area (Å²) in [4.78, 5) is 37.8. The lowest BCUT2D eigenvalue weighted by Gasteiger charge is -2.02. The molecule has 142 valence electrons. The minimum absolute atomic E-state index is 0.0889. The van der Waals surface area contributed by atoms with E-state index in [0.717, 1.165) is 11.3 Å². The van der Waals surface area contributed by atoms with Crippen molar-refractivity contribution in [1.82, 2.24) is 4.98 Å². The number of nitro benzene ring substituents is 1. The molecule has 0 saturated heterocycles. The highest BCUT2D eigenvalue weighted by molar-refractivity contribution is 7.07. The number of Topliss-reactive ketones (excluding diaryl/α,β-unsaturated/α-hetero) is 1. The maximum Gasteiger partial charge on any atom is 0.292 e. The monoisotopic (exact) mass is 415 g/mol. The number of rotatable bonds is 5. The number of halogens is 1. The second kappa shape index (κ2) is 8.20. The third-order valence-corrected chi connectivity index (χ3v) is 5.07. The summed E-state index contributed by atoms with van der Waals surface area (Å²) in [6, 6.07) is 11.0. The van der Waals surface area contributed by atoms with Crippen LogP contribution < -0.4 is 20.1 Å². The van der Waals surface area contributed by atoms with Crippen molar-refractivity contribution in [2.45, 2.75) is 0 Å². The van der Waals surface area contributed by atoms with Gasteiger partial charge in [-0.05, 0) is 42.0 Å². The van der Waals surface area contributed by atoms with Crippen molar-refractivity contribution >= 4 is 52.2 Å². The number of nitro groups is 1. The lowest BCUT2D eigenvalue weighted by Crippen LogP contribution is -2.20. The molecule has 0 aliphatic heterocycles. The molecule has 7 nitrogen and oxygen atoms in total. The molecule has 0 aliphatic rings. The number of nitrogens with zero attached hydrogens (tertiary/aromatic N) is 1. The average molecular weight is 416 g/mol. The Morgan fingerprint density at radius 2 is 1.96 bits per heavy atom. The van der Waals surface area contributed by atoms with Gasteiger partial charge in [0, 0.05) is 29.8 Å². The Balaban J connectivity index is 1.99. The Labute approximate surface area is 167 Å². The zero-order valence-corrected chi connectivity index (χ0v) is 16.1. The molecule has 2 aromatic carbocycles. The summed E-state index contributed by atoms with van der Waals surface area (Å²) in [5.74, 6) is -0.269. The number of H-pyrrole nitrogens is 1. The highest BCUT2D eigenvalue weighted by Crippen LogP contribution is 2.25. The van der Waals surface area contributed by atoms with Crippen molar-refractivity contribution in [3.05, 3.63) is 88.3 Å². The summed E-state index contributed by atoms with van der Waals surface area (Å²) in [5, 5.41) is 14.4. The molecule has 1 aromatic heterocycles. The third-order valence-electron chi connectivity index (χ3n) is 3.86. The SMILES string of the molecule is CNc1ccc(C=c2sc(=CC(=O)c3ccc(Cl)cc3)[nH]c2=O)cc1[N+](=O)[O-]. The Morgan fingerprint density at radius 1 is 1.25 bits per heavy atom. The molecule has 0 bridgehead atoms. The molecule has 1 heterocycles. The Kier molecular flexibility index (Phi) is 5.72. The minimum atomic E-state index is -0.494. The fraction of sp³-hybridized carbons (Fsp3) is 0.0526. The quantitative estimate of drug-likeness (QED) is 0.378. The summed E-state index contributed by atoms with van der Waals surface area (Å²) in [5.41, 5.74) is 0.871. The van der Waals surface area contributed by atoms with E-state index in [4.69, 9.17) is 11.6 Å². The molecule has 3 aromatic rings. The number of hydrogen-bond acceptors (Lipinski definition) is 6. The van der Waals surface area contributed by atoms with Gasteiger partial charge in [0.05, 0.1) is 14.1 Å². The fourth-order valence-electron chi connectivity index (χ4n) is 2.49. The zero-order valence-electron chi connectivity index (χ0n) is 14.6. The van der Waals surface area contributed by atoms with E-state index in [9.17, 15) is 19.7 Å². The molecule has 0 aliphatic carbocycles. The Bertz CT molecular complexity index is 1230. The number of benzene rings is 2. The molecule has 0 amide bonds. The normalized spacial score (nSPS) is 12.2. The van der Waals surface area contributed by atoms with Crippen LogP contribution in [0.25, 0.3) is 12.2 Å². The summed E-state index contributed by atoms with van der Waals surface area (Å²) in [7, 11) is 1.59. The lowest BCUT2D eigenvalue weighted by atomic mass is 10.1. The first-order valence-electron chi connectivity index (χ1n) is 8.06. The summed E-state index contributed by atoms with van der Waals surface area (Å²) >= 11 is 6.90. The predicted octanol–water partition coefficient (Wildman–Crippen LogP) is 2.53. The van der Waals surface area contributed by atoms with E-state index in [2.05, 4.69) is 10.3 Å². The number of aromatic amines is 1. The van der Waals surface area contributed by atoms with Crippen molar-refractivity contribution in [3.63, 3.8) is 0 Å². The van der Waals surface area contributed by atoms with Gasteiger partial charge >= 0.3 is 0 Å². The van der Waals surface area contributed by atoms with E-state index >= 15 is 0 Å². The van der Waals surface area contributed by atoms with E-state index in [1.54, 1.807) is 49.5 Å². The van der Waals surface area contributed by atoms with Crippen LogP contribution in [0.1, 0.15) is 15.9 Å². The van der Waals surface area contributed by atoms with Gasteiger partial charge in [-0.25, -0.2) is 0 Å². The van der Waals surface area contributed by atoms with Crippen LogP contribution in [-0.4, -0.2) is 22.7 Å². The zero-order chi connectivity index (χ0) is 20.3. The van der Waals surface area contributed by atoms with Crippen molar-refractivity contribution in [3.8, 4) is 0 Å². The predicted molar refractivity (Wildman–Crippen MR) is 111 cm³/mol. The van der Waals surface area contributed by atoms with Gasteiger partial charge in [0.2, 0.25) is 0 Å². The van der Waals surface area contributed by atoms with Gasteiger partial charge in [0.15, 0.2) is 5.78 Å². The van der Waals surface area contributed by atoms with Gasteiger partial charge in [-0.15, -0.1) is 11.3 Å². The van der Waals surface area contributed by atoms with Crippen LogP contribution in [0.15, 0.2) is 47.3 Å². The van der Waals surface area contributed by atoms with Crippen LogP contribution in [0, 0.1) is 10.1 Å². The molecule has 0 saturated carbocycles. The Hall–Kier alpha value is -3.23. The van der Waals surface area contributed by atoms with Crippen molar-refractivity contribution in [1.29, 1.82) is 0 Å². The van der Waals surface area contributed by atoms with Crippen LogP contribution in [0.4, 0.5) is 11.4 Å². The summed E-state index contributed by atoms with van der Waals surface area (Å²) in [6.07, 6.45) is 2.87. The molecule has 3 rings (SSSR count). The minimum Gasteiger partial charge on any atom is -0.383 e. The molecule has 9 heteroatoms. The number of ketones is 1. The molecule has 2 N–H and O–H groups in total. The third kappa shape index (κ3) is 4.36. The van der Waals surface area contributed by atoms with Gasteiger partial charge in [-0.3, -0.25) is 19.7 Å². The van der Waals surface area contributed by atoms with Crippen LogP contribution in [0.5, 0.6) is 0 Å². The molecule has 0 spiro atoms. The molecule has 0 unspecified atom stereocenters. The smallest absolute Gasteiger partial charge is 0.292 e. The maximum atomic E-state index is 12.3. The first kappa shape index (κ1) is 19.5. The van der Waals surface area contributed by atoms with Gasteiger partial charge in [0.25, 0.3) is 11.2 Å². The topological polar surface area (TPSA) is 105 Å². The number of thiazole rings is 1. The second-order valence-corrected chi connectivity index (χ2v) is 7.25. The molecule has 0 atom stereocenters. The van der Waals surface area contributed by atoms with Gasteiger partial charge in [0.1, 0.15) is 5.69 Å². The first-order valence-corrected chi connectivity index (χ1v) is 9.25. The average Bonchev–Trinajstić information content (AvgIpc) is 3.00.